The van der Waals surface area contributed by atoms with Gasteiger partial charge >= 0.3 is 15.6 Å². The van der Waals surface area contributed by atoms with E-state index in [1.807, 2.05) is 0 Å². The zero-order valence-corrected chi connectivity index (χ0v) is 10.8. The summed E-state index contributed by atoms with van der Waals surface area (Å²) in [7, 11) is -5.53. The number of hydrogen-bond acceptors (Lipinski definition) is 4. The number of alkyl halides is 3. The van der Waals surface area contributed by atoms with Gasteiger partial charge in [0.2, 0.25) is 0 Å². The van der Waals surface area contributed by atoms with E-state index in [9.17, 15) is 21.6 Å². The van der Waals surface area contributed by atoms with Crippen LogP contribution < -0.4 is 6.15 Å². The highest BCUT2D eigenvalue weighted by Gasteiger charge is 2.47. The lowest BCUT2D eigenvalue weighted by Crippen LogP contribution is -2.25. The first-order valence-electron chi connectivity index (χ1n) is 3.93. The topological polar surface area (TPSA) is 78.4 Å². The summed E-state index contributed by atoms with van der Waals surface area (Å²) in [4.78, 5) is 0. The monoisotopic (exact) mass is 335 g/mol. The van der Waals surface area contributed by atoms with Crippen LogP contribution in [0.3, 0.4) is 0 Å². The number of benzene rings is 1. The molecule has 1 rings (SSSR count). The molecule has 0 saturated heterocycles. The van der Waals surface area contributed by atoms with Crippen LogP contribution in [0.25, 0.3) is 0 Å². The largest absolute Gasteiger partial charge is 0.523 e. The number of hydrogen-bond donors (Lipinski definition) is 1. The third-order valence-electron chi connectivity index (χ3n) is 1.61. The predicted molar refractivity (Wildman–Crippen MR) is 58.9 cm³/mol. The molecule has 0 fully saturated rings. The maximum absolute atomic E-state index is 11.9. The molecular formula is C8H9BrF3NO3S. The van der Waals surface area contributed by atoms with Gasteiger partial charge in [-0.05, 0) is 11.6 Å². The Balaban J connectivity index is 0.00000256. The fraction of sp³-hybridized carbons (Fsp3) is 0.250. The average Bonchev–Trinajstić information content (AvgIpc) is 2.15. The van der Waals surface area contributed by atoms with Crippen LogP contribution >= 0.6 is 15.9 Å². The van der Waals surface area contributed by atoms with Crippen molar-refractivity contribution in [1.29, 1.82) is 0 Å². The highest BCUT2D eigenvalue weighted by atomic mass is 79.9. The molecule has 0 unspecified atom stereocenters. The molecule has 0 spiro atoms. The maximum Gasteiger partial charge on any atom is 0.523 e. The minimum atomic E-state index is -5.53. The predicted octanol–water partition coefficient (Wildman–Crippen LogP) is 2.98. The quantitative estimate of drug-likeness (QED) is 0.680. The van der Waals surface area contributed by atoms with Gasteiger partial charge < -0.3 is 6.15 Å². The van der Waals surface area contributed by atoms with Crippen LogP contribution in [0, 0.1) is 0 Å². The minimum Gasteiger partial charge on any atom is -0.344 e. The van der Waals surface area contributed by atoms with Crippen LogP contribution in [0.5, 0.6) is 0 Å². The van der Waals surface area contributed by atoms with Crippen LogP contribution in [0.15, 0.2) is 28.7 Å². The molecule has 0 atom stereocenters. The molecule has 9 heteroatoms. The van der Waals surface area contributed by atoms with Gasteiger partial charge in [-0.25, -0.2) is 0 Å². The van der Waals surface area contributed by atoms with Gasteiger partial charge in [-0.1, -0.05) is 34.1 Å². The first-order chi connectivity index (χ1) is 7.24. The Morgan fingerprint density at radius 1 is 1.24 bits per heavy atom. The van der Waals surface area contributed by atoms with Gasteiger partial charge in [0, 0.05) is 4.47 Å². The Bertz CT molecular complexity index is 475. The van der Waals surface area contributed by atoms with E-state index in [4.69, 9.17) is 0 Å². The van der Waals surface area contributed by atoms with Crippen molar-refractivity contribution in [2.24, 2.45) is 0 Å². The zero-order valence-electron chi connectivity index (χ0n) is 8.37. The molecule has 98 valence electrons. The minimum absolute atomic E-state index is 0. The molecule has 0 aromatic heterocycles. The Morgan fingerprint density at radius 3 is 2.24 bits per heavy atom. The summed E-state index contributed by atoms with van der Waals surface area (Å²) in [6, 6.07) is 6.23. The van der Waals surface area contributed by atoms with Crippen molar-refractivity contribution >= 4 is 26.0 Å². The second kappa shape index (κ2) is 5.80. The third kappa shape index (κ3) is 4.26. The molecule has 3 N–H and O–H groups in total. The lowest BCUT2D eigenvalue weighted by Gasteiger charge is -2.08. The van der Waals surface area contributed by atoms with Gasteiger partial charge in [0.05, 0.1) is 6.61 Å². The molecule has 0 aliphatic heterocycles. The lowest BCUT2D eigenvalue weighted by atomic mass is 10.2. The van der Waals surface area contributed by atoms with Gasteiger partial charge in [0.25, 0.3) is 0 Å². The van der Waals surface area contributed by atoms with E-state index in [1.165, 1.54) is 6.07 Å². The van der Waals surface area contributed by atoms with Crippen molar-refractivity contribution in [3.63, 3.8) is 0 Å². The molecule has 0 heterocycles. The second-order valence-corrected chi connectivity index (χ2v) is 5.21. The Labute approximate surface area is 105 Å². The summed E-state index contributed by atoms with van der Waals surface area (Å²) < 4.78 is 61.2. The van der Waals surface area contributed by atoms with Crippen LogP contribution in [0.4, 0.5) is 13.2 Å². The molecule has 0 saturated carbocycles. The van der Waals surface area contributed by atoms with E-state index < -0.39 is 22.2 Å². The molecule has 0 amide bonds. The molecule has 1 aromatic rings. The molecule has 0 aliphatic carbocycles. The summed E-state index contributed by atoms with van der Waals surface area (Å²) in [5, 5.41) is 0. The summed E-state index contributed by atoms with van der Waals surface area (Å²) >= 11 is 3.06. The number of halogens is 4. The summed E-state index contributed by atoms with van der Waals surface area (Å²) in [6.45, 7) is -0.663. The molecule has 17 heavy (non-hydrogen) atoms. The molecule has 4 nitrogen and oxygen atoms in total. The van der Waals surface area contributed by atoms with Crippen molar-refractivity contribution in [1.82, 2.24) is 6.15 Å². The third-order valence-corrected chi connectivity index (χ3v) is 3.38. The van der Waals surface area contributed by atoms with Crippen molar-refractivity contribution in [3.05, 3.63) is 34.3 Å². The van der Waals surface area contributed by atoms with Crippen LogP contribution in [0.2, 0.25) is 0 Å². The van der Waals surface area contributed by atoms with Crippen molar-refractivity contribution in [2.45, 2.75) is 12.1 Å². The molecule has 0 radical (unpaired) electrons. The Kier molecular flexibility index (Phi) is 5.59. The Hall–Kier alpha value is -0.640. The summed E-state index contributed by atoms with van der Waals surface area (Å²) in [6.07, 6.45) is 0. The van der Waals surface area contributed by atoms with Gasteiger partial charge in [0.1, 0.15) is 0 Å². The lowest BCUT2D eigenvalue weighted by molar-refractivity contribution is -0.0548. The SMILES string of the molecule is N.O=S(=O)(OCc1ccccc1Br)C(F)(F)F. The fourth-order valence-corrected chi connectivity index (χ4v) is 1.64. The van der Waals surface area contributed by atoms with Gasteiger partial charge in [-0.15, -0.1) is 0 Å². The number of rotatable bonds is 3. The van der Waals surface area contributed by atoms with Crippen LogP contribution in [-0.2, 0) is 20.9 Å². The van der Waals surface area contributed by atoms with E-state index in [0.717, 1.165) is 0 Å². The Morgan fingerprint density at radius 2 is 1.76 bits per heavy atom. The van der Waals surface area contributed by atoms with Crippen LogP contribution in [-0.4, -0.2) is 13.9 Å². The zero-order chi connectivity index (χ0) is 12.4. The molecule has 0 bridgehead atoms. The van der Waals surface area contributed by atoms with E-state index in [0.29, 0.717) is 10.0 Å². The van der Waals surface area contributed by atoms with E-state index >= 15 is 0 Å². The molecular weight excluding hydrogens is 327 g/mol. The molecule has 1 aromatic carbocycles. The maximum atomic E-state index is 11.9. The summed E-state index contributed by atoms with van der Waals surface area (Å²) in [5.74, 6) is 0. The standard InChI is InChI=1S/C8H6BrF3O3S.H3N/c9-7-4-2-1-3-6(7)5-15-16(13,14)8(10,11)12;/h1-4H,5H2;1H3. The van der Waals surface area contributed by atoms with Gasteiger partial charge in [-0.2, -0.15) is 21.6 Å². The van der Waals surface area contributed by atoms with Crippen molar-refractivity contribution < 1.29 is 25.8 Å². The van der Waals surface area contributed by atoms with Gasteiger partial charge in [0.15, 0.2) is 0 Å². The van der Waals surface area contributed by atoms with E-state index in [2.05, 4.69) is 20.1 Å². The second-order valence-electron chi connectivity index (χ2n) is 2.75. The fourth-order valence-electron chi connectivity index (χ4n) is 0.823. The summed E-state index contributed by atoms with van der Waals surface area (Å²) in [5.41, 5.74) is -5.08. The first-order valence-corrected chi connectivity index (χ1v) is 6.13. The van der Waals surface area contributed by atoms with E-state index in [-0.39, 0.29) is 6.15 Å². The average molecular weight is 336 g/mol. The van der Waals surface area contributed by atoms with Gasteiger partial charge in [-0.3, -0.25) is 4.18 Å². The molecule has 0 aliphatic rings. The van der Waals surface area contributed by atoms with Crippen molar-refractivity contribution in [2.75, 3.05) is 0 Å². The van der Waals surface area contributed by atoms with Crippen molar-refractivity contribution in [3.8, 4) is 0 Å². The highest BCUT2D eigenvalue weighted by Crippen LogP contribution is 2.26. The van der Waals surface area contributed by atoms with E-state index in [1.54, 1.807) is 18.2 Å². The normalized spacial score (nSPS) is 12.0. The first kappa shape index (κ1) is 16.4. The van der Waals surface area contributed by atoms with Crippen LogP contribution in [0.1, 0.15) is 5.56 Å². The smallest absolute Gasteiger partial charge is 0.344 e. The highest BCUT2D eigenvalue weighted by molar-refractivity contribution is 9.10.